The highest BCUT2D eigenvalue weighted by molar-refractivity contribution is 7.98. The Hall–Kier alpha value is -1.36. The van der Waals surface area contributed by atoms with Crippen molar-refractivity contribution in [2.45, 2.75) is 6.92 Å². The Morgan fingerprint density at radius 2 is 2.10 bits per heavy atom. The molecular weight excluding hydrogens is 270 g/mol. The molecule has 0 unspecified atom stereocenters. The molecule has 0 atom stereocenters. The Morgan fingerprint density at radius 1 is 1.35 bits per heavy atom. The van der Waals surface area contributed by atoms with Gasteiger partial charge in [0.05, 0.1) is 13.1 Å². The number of likely N-dealkylation sites (N-methyl/N-ethyl adjacent to an activating group) is 1. The number of ether oxygens (including phenoxy) is 1. The van der Waals surface area contributed by atoms with Gasteiger partial charge in [-0.25, -0.2) is 0 Å². The maximum Gasteiger partial charge on any atom is 0.193 e. The van der Waals surface area contributed by atoms with E-state index < -0.39 is 0 Å². The summed E-state index contributed by atoms with van der Waals surface area (Å²) in [5, 5.41) is 3.30. The lowest BCUT2D eigenvalue weighted by Gasteiger charge is -2.22. The number of aliphatic imine (C=N–C) groups is 1. The van der Waals surface area contributed by atoms with Crippen LogP contribution in [0.1, 0.15) is 6.92 Å². The van der Waals surface area contributed by atoms with Crippen molar-refractivity contribution in [2.75, 3.05) is 45.3 Å². The molecule has 0 aliphatic rings. The molecule has 0 radical (unpaired) electrons. The van der Waals surface area contributed by atoms with Gasteiger partial charge in [-0.05, 0) is 25.3 Å². The van der Waals surface area contributed by atoms with Crippen molar-refractivity contribution in [3.05, 3.63) is 30.3 Å². The van der Waals surface area contributed by atoms with E-state index >= 15 is 0 Å². The first kappa shape index (κ1) is 16.7. The van der Waals surface area contributed by atoms with E-state index in [0.717, 1.165) is 37.1 Å². The van der Waals surface area contributed by atoms with Crippen molar-refractivity contribution in [1.29, 1.82) is 0 Å². The molecule has 0 heterocycles. The number of benzene rings is 1. The summed E-state index contributed by atoms with van der Waals surface area (Å²) in [6.07, 6.45) is 2.10. The maximum atomic E-state index is 5.70. The van der Waals surface area contributed by atoms with Gasteiger partial charge in [-0.1, -0.05) is 18.2 Å². The van der Waals surface area contributed by atoms with Crippen molar-refractivity contribution in [3.63, 3.8) is 0 Å². The zero-order valence-corrected chi connectivity index (χ0v) is 13.4. The van der Waals surface area contributed by atoms with E-state index in [1.807, 2.05) is 49.1 Å². The van der Waals surface area contributed by atoms with E-state index in [9.17, 15) is 0 Å². The average molecular weight is 295 g/mol. The summed E-state index contributed by atoms with van der Waals surface area (Å²) in [5.41, 5.74) is 0. The number of rotatable bonds is 8. The van der Waals surface area contributed by atoms with Crippen LogP contribution in [0.4, 0.5) is 0 Å². The van der Waals surface area contributed by atoms with Crippen LogP contribution in [-0.2, 0) is 0 Å². The van der Waals surface area contributed by atoms with Crippen molar-refractivity contribution >= 4 is 17.7 Å². The predicted molar refractivity (Wildman–Crippen MR) is 88.9 cm³/mol. The van der Waals surface area contributed by atoms with E-state index in [2.05, 4.69) is 28.4 Å². The third-order valence-corrected chi connectivity index (χ3v) is 3.28. The molecule has 0 aromatic heterocycles. The molecule has 1 aromatic rings. The standard InChI is InChI=1S/C15H25N3OS/c1-4-16-15(17-10-13-20-3)18(2)11-12-19-14-8-6-5-7-9-14/h5-9H,4,10-13H2,1-3H3,(H,16,17). The molecule has 1 rings (SSSR count). The lowest BCUT2D eigenvalue weighted by molar-refractivity contribution is 0.281. The van der Waals surface area contributed by atoms with Crippen LogP contribution >= 0.6 is 11.8 Å². The number of nitrogens with zero attached hydrogens (tertiary/aromatic N) is 2. The quantitative estimate of drug-likeness (QED) is 0.454. The van der Waals surface area contributed by atoms with Crippen LogP contribution in [0.15, 0.2) is 35.3 Å². The second kappa shape index (κ2) is 10.4. The van der Waals surface area contributed by atoms with Gasteiger partial charge in [-0.15, -0.1) is 0 Å². The number of hydrogen-bond acceptors (Lipinski definition) is 3. The van der Waals surface area contributed by atoms with E-state index in [1.54, 1.807) is 0 Å². The molecule has 4 nitrogen and oxygen atoms in total. The SMILES string of the molecule is CCNC(=NCCSC)N(C)CCOc1ccccc1. The van der Waals surface area contributed by atoms with Crippen LogP contribution in [0.2, 0.25) is 0 Å². The summed E-state index contributed by atoms with van der Waals surface area (Å²) < 4.78 is 5.70. The van der Waals surface area contributed by atoms with Crippen molar-refractivity contribution in [2.24, 2.45) is 4.99 Å². The molecule has 1 aromatic carbocycles. The molecule has 112 valence electrons. The summed E-state index contributed by atoms with van der Waals surface area (Å²) >= 11 is 1.81. The van der Waals surface area contributed by atoms with Crippen molar-refractivity contribution < 1.29 is 4.74 Å². The molecule has 0 bridgehead atoms. The third kappa shape index (κ3) is 6.70. The first-order chi connectivity index (χ1) is 9.77. The number of nitrogens with one attached hydrogen (secondary N) is 1. The van der Waals surface area contributed by atoms with Crippen molar-refractivity contribution in [3.8, 4) is 5.75 Å². The topological polar surface area (TPSA) is 36.9 Å². The Kier molecular flexibility index (Phi) is 8.71. The molecule has 20 heavy (non-hydrogen) atoms. The first-order valence-corrected chi connectivity index (χ1v) is 8.33. The zero-order valence-electron chi connectivity index (χ0n) is 12.6. The summed E-state index contributed by atoms with van der Waals surface area (Å²) in [6.45, 7) is 5.25. The largest absolute Gasteiger partial charge is 0.492 e. The van der Waals surface area contributed by atoms with Crippen molar-refractivity contribution in [1.82, 2.24) is 10.2 Å². The van der Waals surface area contributed by atoms with Gasteiger partial charge in [0.2, 0.25) is 0 Å². The summed E-state index contributed by atoms with van der Waals surface area (Å²) in [6, 6.07) is 9.89. The van der Waals surface area contributed by atoms with Crippen LogP contribution in [0.5, 0.6) is 5.75 Å². The fourth-order valence-electron chi connectivity index (χ4n) is 1.64. The van der Waals surface area contributed by atoms with Crippen LogP contribution in [0.3, 0.4) is 0 Å². The van der Waals surface area contributed by atoms with E-state index in [-0.39, 0.29) is 0 Å². The Bertz CT molecular complexity index is 384. The Balaban J connectivity index is 2.37. The summed E-state index contributed by atoms with van der Waals surface area (Å²) in [7, 11) is 2.04. The normalized spacial score (nSPS) is 11.2. The zero-order chi connectivity index (χ0) is 14.6. The molecular formula is C15H25N3OS. The number of guanidine groups is 1. The van der Waals surface area contributed by atoms with Crippen LogP contribution in [0, 0.1) is 0 Å². The lowest BCUT2D eigenvalue weighted by atomic mass is 10.3. The highest BCUT2D eigenvalue weighted by Crippen LogP contribution is 2.07. The van der Waals surface area contributed by atoms with Crippen LogP contribution in [0.25, 0.3) is 0 Å². The van der Waals surface area contributed by atoms with Gasteiger partial charge in [0.1, 0.15) is 12.4 Å². The van der Waals surface area contributed by atoms with E-state index in [0.29, 0.717) is 6.61 Å². The van der Waals surface area contributed by atoms with Gasteiger partial charge in [0, 0.05) is 19.3 Å². The summed E-state index contributed by atoms with van der Waals surface area (Å²) in [5.74, 6) is 2.90. The average Bonchev–Trinajstić information content (AvgIpc) is 2.47. The second-order valence-corrected chi connectivity index (χ2v) is 5.30. The van der Waals surface area contributed by atoms with Gasteiger partial charge in [0.15, 0.2) is 5.96 Å². The van der Waals surface area contributed by atoms with Crippen LogP contribution < -0.4 is 10.1 Å². The molecule has 0 aliphatic heterocycles. The molecule has 5 heteroatoms. The van der Waals surface area contributed by atoms with Gasteiger partial charge in [-0.3, -0.25) is 4.99 Å². The third-order valence-electron chi connectivity index (χ3n) is 2.69. The fraction of sp³-hybridized carbons (Fsp3) is 0.533. The Morgan fingerprint density at radius 3 is 2.75 bits per heavy atom. The molecule has 0 fully saturated rings. The van der Waals surface area contributed by atoms with Gasteiger partial charge >= 0.3 is 0 Å². The maximum absolute atomic E-state index is 5.70. The minimum Gasteiger partial charge on any atom is -0.492 e. The minimum atomic E-state index is 0.646. The van der Waals surface area contributed by atoms with Crippen LogP contribution in [-0.4, -0.2) is 56.2 Å². The fourth-order valence-corrected chi connectivity index (χ4v) is 1.91. The first-order valence-electron chi connectivity index (χ1n) is 6.94. The molecule has 1 N–H and O–H groups in total. The molecule has 0 saturated heterocycles. The molecule has 0 saturated carbocycles. The highest BCUT2D eigenvalue weighted by atomic mass is 32.2. The predicted octanol–water partition coefficient (Wildman–Crippen LogP) is 2.33. The second-order valence-electron chi connectivity index (χ2n) is 4.31. The highest BCUT2D eigenvalue weighted by Gasteiger charge is 2.05. The van der Waals surface area contributed by atoms with E-state index in [4.69, 9.17) is 4.74 Å². The van der Waals surface area contributed by atoms with Gasteiger partial charge in [-0.2, -0.15) is 11.8 Å². The monoisotopic (exact) mass is 295 g/mol. The number of hydrogen-bond donors (Lipinski definition) is 1. The smallest absolute Gasteiger partial charge is 0.193 e. The number of para-hydroxylation sites is 1. The molecule has 0 amide bonds. The van der Waals surface area contributed by atoms with E-state index in [1.165, 1.54) is 0 Å². The molecule has 0 spiro atoms. The number of thioether (sulfide) groups is 1. The van der Waals surface area contributed by atoms with Gasteiger partial charge in [0.25, 0.3) is 0 Å². The lowest BCUT2D eigenvalue weighted by Crippen LogP contribution is -2.41. The minimum absolute atomic E-state index is 0.646. The summed E-state index contributed by atoms with van der Waals surface area (Å²) in [4.78, 5) is 6.69. The molecule has 0 aliphatic carbocycles. The Labute approximate surface area is 126 Å². The van der Waals surface area contributed by atoms with Gasteiger partial charge < -0.3 is 15.0 Å².